The van der Waals surface area contributed by atoms with Gasteiger partial charge in [0.15, 0.2) is 11.6 Å². The van der Waals surface area contributed by atoms with Crippen LogP contribution in [0.2, 0.25) is 0 Å². The molecule has 2 aliphatic heterocycles. The molecule has 2 aliphatic rings. The van der Waals surface area contributed by atoms with Crippen molar-refractivity contribution in [3.63, 3.8) is 0 Å². The maximum Gasteiger partial charge on any atom is 0.296 e. The zero-order valence-electron chi connectivity index (χ0n) is 21.3. The van der Waals surface area contributed by atoms with E-state index in [0.717, 1.165) is 0 Å². The molecule has 38 heavy (non-hydrogen) atoms. The molecule has 1 unspecified atom stereocenters. The molecule has 1 atom stereocenters. The Balaban J connectivity index is 1.65. The number of benzene rings is 1. The fraction of sp³-hybridized carbons (Fsp3) is 0.565. The van der Waals surface area contributed by atoms with Gasteiger partial charge < -0.3 is 19.9 Å². The van der Waals surface area contributed by atoms with Crippen LogP contribution in [0, 0.1) is 0 Å². The van der Waals surface area contributed by atoms with Gasteiger partial charge in [0.05, 0.1) is 36.0 Å². The fourth-order valence-corrected chi connectivity index (χ4v) is 6.33. The number of rotatable bonds is 8. The molecule has 2 fully saturated rings. The van der Waals surface area contributed by atoms with Crippen LogP contribution in [-0.2, 0) is 14.8 Å². The van der Waals surface area contributed by atoms with Crippen molar-refractivity contribution in [3.8, 4) is 5.95 Å². The number of morpholine rings is 1. The Morgan fingerprint density at radius 2 is 1.82 bits per heavy atom. The predicted octanol–water partition coefficient (Wildman–Crippen LogP) is 0.822. The van der Waals surface area contributed by atoms with Crippen LogP contribution in [0.1, 0.15) is 24.1 Å². The number of para-hydroxylation sites is 2. The van der Waals surface area contributed by atoms with E-state index in [2.05, 4.69) is 25.3 Å². The summed E-state index contributed by atoms with van der Waals surface area (Å²) >= 11 is 0. The number of piperazine rings is 1. The summed E-state index contributed by atoms with van der Waals surface area (Å²) in [5, 5.41) is 3.22. The van der Waals surface area contributed by atoms with Crippen molar-refractivity contribution >= 4 is 27.0 Å². The third-order valence-electron chi connectivity index (χ3n) is 6.55. The van der Waals surface area contributed by atoms with Crippen LogP contribution < -0.4 is 10.2 Å². The molecule has 2 aromatic heterocycles. The quantitative estimate of drug-likeness (QED) is 0.431. The third-order valence-corrected chi connectivity index (χ3v) is 8.40. The molecule has 0 aliphatic carbocycles. The van der Waals surface area contributed by atoms with Crippen molar-refractivity contribution in [1.29, 1.82) is 0 Å². The molecule has 0 radical (unpaired) electrons. The fourth-order valence-electron chi connectivity index (χ4n) is 4.58. The van der Waals surface area contributed by atoms with E-state index in [4.69, 9.17) is 4.74 Å². The summed E-state index contributed by atoms with van der Waals surface area (Å²) < 4.78 is 63.1. The number of nitrogens with one attached hydrogen (secondary N) is 1. The highest BCUT2D eigenvalue weighted by atomic mass is 32.2. The Kier molecular flexibility index (Phi) is 7.81. The van der Waals surface area contributed by atoms with Gasteiger partial charge >= 0.3 is 0 Å². The molecule has 1 aromatic carbocycles. The minimum Gasteiger partial charge on any atom is -0.378 e. The van der Waals surface area contributed by atoms with E-state index in [1.54, 1.807) is 24.3 Å². The summed E-state index contributed by atoms with van der Waals surface area (Å²) in [5.74, 6) is -0.116. The molecule has 1 N–H and O–H groups in total. The standard InChI is InChI=1S/C23H31F2N9O3S/c1-31(2)11-14-38(35,36)33-8-7-26-15-18(33)20-28-22(32-9-12-37-13-10-32)30-23(29-20)34-17-6-4-3-5-16(17)27-21(34)19(24)25/h3-6,18-19,26H,7-15H2,1-2H3. The van der Waals surface area contributed by atoms with E-state index in [0.29, 0.717) is 50.4 Å². The second-order valence-electron chi connectivity index (χ2n) is 9.44. The van der Waals surface area contributed by atoms with E-state index in [-0.39, 0.29) is 36.6 Å². The highest BCUT2D eigenvalue weighted by molar-refractivity contribution is 7.89. The number of imidazole rings is 1. The number of ether oxygens (including phenoxy) is 1. The lowest BCUT2D eigenvalue weighted by molar-refractivity contribution is 0.122. The molecule has 4 heterocycles. The predicted molar refractivity (Wildman–Crippen MR) is 137 cm³/mol. The molecule has 12 nitrogen and oxygen atoms in total. The molecule has 0 bridgehead atoms. The normalized spacial score (nSPS) is 19.6. The van der Waals surface area contributed by atoms with E-state index in [1.165, 1.54) is 8.87 Å². The molecular formula is C23H31F2N9O3S. The first-order chi connectivity index (χ1) is 18.2. The number of nitrogens with zero attached hydrogens (tertiary/aromatic N) is 8. The zero-order valence-corrected chi connectivity index (χ0v) is 22.1. The maximum atomic E-state index is 14.1. The number of halogens is 2. The van der Waals surface area contributed by atoms with Gasteiger partial charge in [0.2, 0.25) is 21.9 Å². The number of fused-ring (bicyclic) bond motifs is 1. The van der Waals surface area contributed by atoms with Gasteiger partial charge in [-0.1, -0.05) is 12.1 Å². The van der Waals surface area contributed by atoms with E-state index >= 15 is 0 Å². The smallest absolute Gasteiger partial charge is 0.296 e. The largest absolute Gasteiger partial charge is 0.378 e. The van der Waals surface area contributed by atoms with Gasteiger partial charge in [-0.05, 0) is 26.2 Å². The van der Waals surface area contributed by atoms with Crippen LogP contribution in [-0.4, -0.2) is 114 Å². The van der Waals surface area contributed by atoms with Gasteiger partial charge in [-0.25, -0.2) is 22.2 Å². The Morgan fingerprint density at radius 3 is 2.55 bits per heavy atom. The summed E-state index contributed by atoms with van der Waals surface area (Å²) in [5.41, 5.74) is 0.801. The topological polar surface area (TPSA) is 122 Å². The lowest BCUT2D eigenvalue weighted by Gasteiger charge is -2.35. The summed E-state index contributed by atoms with van der Waals surface area (Å²) in [6.07, 6.45) is -2.88. The monoisotopic (exact) mass is 551 g/mol. The minimum absolute atomic E-state index is 0.0308. The Bertz CT molecular complexity index is 1380. The van der Waals surface area contributed by atoms with Crippen LogP contribution in [0.5, 0.6) is 0 Å². The summed E-state index contributed by atoms with van der Waals surface area (Å²) in [4.78, 5) is 21.7. The van der Waals surface area contributed by atoms with Crippen molar-refractivity contribution in [2.45, 2.75) is 12.5 Å². The second kappa shape index (κ2) is 11.1. The van der Waals surface area contributed by atoms with Gasteiger partial charge in [-0.2, -0.15) is 19.3 Å². The van der Waals surface area contributed by atoms with Crippen molar-refractivity contribution in [3.05, 3.63) is 35.9 Å². The third kappa shape index (κ3) is 5.47. The average molecular weight is 552 g/mol. The first-order valence-electron chi connectivity index (χ1n) is 12.4. The Labute approximate surface area is 219 Å². The SMILES string of the molecule is CN(C)CCS(=O)(=O)N1CCNCC1c1nc(N2CCOCC2)nc(-n2c(C(F)F)nc3ccccc32)n1. The highest BCUT2D eigenvalue weighted by Crippen LogP contribution is 2.29. The van der Waals surface area contributed by atoms with Gasteiger partial charge in [0.25, 0.3) is 6.43 Å². The van der Waals surface area contributed by atoms with E-state index in [1.807, 2.05) is 23.9 Å². The zero-order chi connectivity index (χ0) is 26.9. The van der Waals surface area contributed by atoms with Crippen molar-refractivity contribution in [2.24, 2.45) is 0 Å². The molecule has 206 valence electrons. The van der Waals surface area contributed by atoms with Crippen LogP contribution in [0.25, 0.3) is 17.0 Å². The molecule has 0 spiro atoms. The van der Waals surface area contributed by atoms with Crippen molar-refractivity contribution < 1.29 is 21.9 Å². The minimum atomic E-state index is -3.66. The first-order valence-corrected chi connectivity index (χ1v) is 14.0. The Morgan fingerprint density at radius 1 is 1.08 bits per heavy atom. The first kappa shape index (κ1) is 26.7. The summed E-state index contributed by atoms with van der Waals surface area (Å²) in [6, 6.07) is 6.03. The van der Waals surface area contributed by atoms with Crippen LogP contribution in [0.15, 0.2) is 24.3 Å². The molecular weight excluding hydrogens is 520 g/mol. The van der Waals surface area contributed by atoms with Crippen LogP contribution >= 0.6 is 0 Å². The van der Waals surface area contributed by atoms with Crippen molar-refractivity contribution in [2.75, 3.05) is 77.2 Å². The van der Waals surface area contributed by atoms with Crippen molar-refractivity contribution in [1.82, 2.24) is 39.0 Å². The number of sulfonamides is 1. The molecule has 2 saturated heterocycles. The molecule has 15 heteroatoms. The van der Waals surface area contributed by atoms with Gasteiger partial charge in [0.1, 0.15) is 0 Å². The molecule has 3 aromatic rings. The lowest BCUT2D eigenvalue weighted by atomic mass is 10.2. The number of alkyl halides is 2. The second-order valence-corrected chi connectivity index (χ2v) is 11.5. The van der Waals surface area contributed by atoms with Gasteiger partial charge in [-0.3, -0.25) is 4.57 Å². The van der Waals surface area contributed by atoms with Gasteiger partial charge in [0, 0.05) is 39.3 Å². The molecule has 5 rings (SSSR count). The Hall–Kier alpha value is -2.85. The van der Waals surface area contributed by atoms with Crippen LogP contribution in [0.3, 0.4) is 0 Å². The molecule has 0 amide bonds. The van der Waals surface area contributed by atoms with Crippen LogP contribution in [0.4, 0.5) is 14.7 Å². The van der Waals surface area contributed by atoms with E-state index in [9.17, 15) is 17.2 Å². The van der Waals surface area contributed by atoms with Gasteiger partial charge in [-0.15, -0.1) is 0 Å². The lowest BCUT2D eigenvalue weighted by Crippen LogP contribution is -2.50. The average Bonchev–Trinajstić information content (AvgIpc) is 3.32. The number of anilines is 1. The number of hydrogen-bond donors (Lipinski definition) is 1. The van der Waals surface area contributed by atoms with E-state index < -0.39 is 28.3 Å². The molecule has 0 saturated carbocycles. The number of aromatic nitrogens is 5. The summed E-state index contributed by atoms with van der Waals surface area (Å²) in [6.45, 7) is 3.29. The highest BCUT2D eigenvalue weighted by Gasteiger charge is 2.36. The summed E-state index contributed by atoms with van der Waals surface area (Å²) in [7, 11) is -0.0315. The maximum absolute atomic E-state index is 14.1. The number of hydrogen-bond acceptors (Lipinski definition) is 10.